The van der Waals surface area contributed by atoms with E-state index >= 15 is 0 Å². The van der Waals surface area contributed by atoms with Crippen molar-refractivity contribution in [3.05, 3.63) is 64.5 Å². The third kappa shape index (κ3) is 4.74. The number of hydrogen-bond acceptors (Lipinski definition) is 4. The van der Waals surface area contributed by atoms with Crippen molar-refractivity contribution in [2.24, 2.45) is 5.92 Å². The van der Waals surface area contributed by atoms with Crippen molar-refractivity contribution < 1.29 is 13.9 Å². The van der Waals surface area contributed by atoms with Crippen molar-refractivity contribution >= 4 is 22.6 Å². The first-order valence-corrected chi connectivity index (χ1v) is 10.9. The van der Waals surface area contributed by atoms with Crippen LogP contribution in [0, 0.1) is 18.7 Å². The number of urea groups is 1. The first-order chi connectivity index (χ1) is 15.4. The molecule has 0 spiro atoms. The highest BCUT2D eigenvalue weighted by Crippen LogP contribution is 2.22. The Morgan fingerprint density at radius 1 is 1.19 bits per heavy atom. The minimum atomic E-state index is -0.405. The predicted octanol–water partition coefficient (Wildman–Crippen LogP) is 4.19. The molecule has 8 heteroatoms. The minimum Gasteiger partial charge on any atom is -0.494 e. The number of benzene rings is 2. The predicted molar refractivity (Wildman–Crippen MR) is 122 cm³/mol. The van der Waals surface area contributed by atoms with E-state index in [0.29, 0.717) is 43.0 Å². The summed E-state index contributed by atoms with van der Waals surface area (Å²) < 4.78 is 20.6. The fourth-order valence-electron chi connectivity index (χ4n) is 4.10. The number of aromatic nitrogens is 2. The molecule has 0 radical (unpaired) electrons. The van der Waals surface area contributed by atoms with Crippen LogP contribution < -0.4 is 15.6 Å². The second-order valence-corrected chi connectivity index (χ2v) is 8.05. The Morgan fingerprint density at radius 2 is 1.91 bits per heavy atom. The first-order valence-electron chi connectivity index (χ1n) is 10.9. The monoisotopic (exact) mass is 438 g/mol. The highest BCUT2D eigenvalue weighted by molar-refractivity contribution is 5.89. The van der Waals surface area contributed by atoms with E-state index < -0.39 is 5.82 Å². The standard InChI is InChI=1S/C24H27FN4O3/c1-3-32-20-7-5-19(6-8-20)27-24(31)28-12-10-17(11-13-28)15-29-16(2)26-22-14-18(25)4-9-21(22)23(29)30/h4-9,14,17H,3,10-13,15H2,1-2H3,(H,27,31). The van der Waals surface area contributed by atoms with Crippen molar-refractivity contribution in [2.75, 3.05) is 25.0 Å². The largest absolute Gasteiger partial charge is 0.494 e. The van der Waals surface area contributed by atoms with E-state index in [0.717, 1.165) is 24.3 Å². The molecule has 0 saturated carbocycles. The lowest BCUT2D eigenvalue weighted by molar-refractivity contribution is 0.176. The topological polar surface area (TPSA) is 76.5 Å². The van der Waals surface area contributed by atoms with Crippen LogP contribution in [-0.2, 0) is 6.54 Å². The highest BCUT2D eigenvalue weighted by atomic mass is 19.1. The molecule has 1 saturated heterocycles. The molecular weight excluding hydrogens is 411 g/mol. The average molecular weight is 439 g/mol. The van der Waals surface area contributed by atoms with Crippen molar-refractivity contribution in [1.29, 1.82) is 0 Å². The number of ether oxygens (including phenoxy) is 1. The summed E-state index contributed by atoms with van der Waals surface area (Å²) in [5, 5.41) is 3.34. The number of halogens is 1. The summed E-state index contributed by atoms with van der Waals surface area (Å²) in [6.45, 7) is 6.07. The fourth-order valence-corrected chi connectivity index (χ4v) is 4.10. The molecule has 0 aliphatic carbocycles. The zero-order valence-electron chi connectivity index (χ0n) is 18.3. The molecule has 1 aliphatic heterocycles. The Morgan fingerprint density at radius 3 is 2.59 bits per heavy atom. The fraction of sp³-hybridized carbons (Fsp3) is 0.375. The Balaban J connectivity index is 1.36. The zero-order chi connectivity index (χ0) is 22.7. The molecule has 7 nitrogen and oxygen atoms in total. The molecule has 1 fully saturated rings. The van der Waals surface area contributed by atoms with E-state index in [1.807, 2.05) is 31.2 Å². The van der Waals surface area contributed by atoms with Crippen molar-refractivity contribution in [3.8, 4) is 5.75 Å². The molecule has 0 atom stereocenters. The molecule has 1 N–H and O–H groups in total. The second-order valence-electron chi connectivity index (χ2n) is 8.05. The van der Waals surface area contributed by atoms with Gasteiger partial charge in [0.05, 0.1) is 17.5 Å². The summed E-state index contributed by atoms with van der Waals surface area (Å²) in [5.41, 5.74) is 0.953. The van der Waals surface area contributed by atoms with E-state index in [1.165, 1.54) is 18.2 Å². The number of fused-ring (bicyclic) bond motifs is 1. The highest BCUT2D eigenvalue weighted by Gasteiger charge is 2.24. The van der Waals surface area contributed by atoms with Gasteiger partial charge in [0, 0.05) is 31.4 Å². The van der Waals surface area contributed by atoms with Crippen molar-refractivity contribution in [2.45, 2.75) is 33.2 Å². The van der Waals surface area contributed by atoms with Crippen LogP contribution in [0.5, 0.6) is 5.75 Å². The number of piperidine rings is 1. The third-order valence-electron chi connectivity index (χ3n) is 5.87. The summed E-state index contributed by atoms with van der Waals surface area (Å²) in [6.07, 6.45) is 1.59. The van der Waals surface area contributed by atoms with Gasteiger partial charge in [-0.1, -0.05) is 0 Å². The van der Waals surface area contributed by atoms with Gasteiger partial charge in [-0.15, -0.1) is 0 Å². The summed E-state index contributed by atoms with van der Waals surface area (Å²) in [5.74, 6) is 1.20. The lowest BCUT2D eigenvalue weighted by Gasteiger charge is -2.32. The summed E-state index contributed by atoms with van der Waals surface area (Å²) in [6, 6.07) is 11.2. The van der Waals surface area contributed by atoms with Gasteiger partial charge >= 0.3 is 6.03 Å². The maximum Gasteiger partial charge on any atom is 0.321 e. The molecule has 2 aromatic carbocycles. The summed E-state index contributed by atoms with van der Waals surface area (Å²) >= 11 is 0. The minimum absolute atomic E-state index is 0.129. The number of aryl methyl sites for hydroxylation is 1. The van der Waals surface area contributed by atoms with Crippen LogP contribution in [0.2, 0.25) is 0 Å². The van der Waals surface area contributed by atoms with Crippen LogP contribution in [0.4, 0.5) is 14.9 Å². The number of nitrogens with zero attached hydrogens (tertiary/aromatic N) is 3. The van der Waals surface area contributed by atoms with Gasteiger partial charge in [0.15, 0.2) is 0 Å². The van der Waals surface area contributed by atoms with E-state index in [-0.39, 0.29) is 17.5 Å². The van der Waals surface area contributed by atoms with E-state index in [4.69, 9.17) is 4.74 Å². The van der Waals surface area contributed by atoms with Crippen molar-refractivity contribution in [1.82, 2.24) is 14.5 Å². The first kappa shape index (κ1) is 21.8. The molecule has 0 bridgehead atoms. The molecule has 0 unspecified atom stereocenters. The number of rotatable bonds is 5. The number of hydrogen-bond donors (Lipinski definition) is 1. The Hall–Kier alpha value is -3.42. The third-order valence-corrected chi connectivity index (χ3v) is 5.87. The van der Waals surface area contributed by atoms with Gasteiger partial charge in [-0.3, -0.25) is 9.36 Å². The van der Waals surface area contributed by atoms with Crippen molar-refractivity contribution in [3.63, 3.8) is 0 Å². The van der Waals surface area contributed by atoms with Gasteiger partial charge in [-0.2, -0.15) is 0 Å². The maximum absolute atomic E-state index is 13.5. The Bertz CT molecular complexity index is 1170. The molecule has 32 heavy (non-hydrogen) atoms. The van der Waals surface area contributed by atoms with Gasteiger partial charge in [0.1, 0.15) is 17.4 Å². The van der Waals surface area contributed by atoms with Gasteiger partial charge in [0.2, 0.25) is 0 Å². The molecule has 4 rings (SSSR count). The SMILES string of the molecule is CCOc1ccc(NC(=O)N2CCC(Cn3c(C)nc4cc(F)ccc4c3=O)CC2)cc1. The molecule has 2 heterocycles. The van der Waals surface area contributed by atoms with E-state index in [9.17, 15) is 14.0 Å². The van der Waals surface area contributed by atoms with Gasteiger partial charge in [0.25, 0.3) is 5.56 Å². The van der Waals surface area contributed by atoms with Crippen LogP contribution in [0.15, 0.2) is 47.3 Å². The zero-order valence-corrected chi connectivity index (χ0v) is 18.3. The quantitative estimate of drug-likeness (QED) is 0.648. The molecule has 168 valence electrons. The maximum atomic E-state index is 13.5. The number of likely N-dealkylation sites (tertiary alicyclic amines) is 1. The van der Waals surface area contributed by atoms with E-state index in [1.54, 1.807) is 16.4 Å². The average Bonchev–Trinajstić information content (AvgIpc) is 2.78. The number of carbonyl (C=O) groups is 1. The number of nitrogens with one attached hydrogen (secondary N) is 1. The molecular formula is C24H27FN4O3. The lowest BCUT2D eigenvalue weighted by atomic mass is 9.96. The molecule has 1 aromatic heterocycles. The number of amides is 2. The summed E-state index contributed by atoms with van der Waals surface area (Å²) in [4.78, 5) is 31.7. The van der Waals surface area contributed by atoms with Crippen LogP contribution in [-0.4, -0.2) is 40.2 Å². The second kappa shape index (κ2) is 9.38. The summed E-state index contributed by atoms with van der Waals surface area (Å²) in [7, 11) is 0. The van der Waals surface area contributed by atoms with E-state index in [2.05, 4.69) is 10.3 Å². The van der Waals surface area contributed by atoms with Gasteiger partial charge < -0.3 is 15.0 Å². The van der Waals surface area contributed by atoms with Gasteiger partial charge in [-0.05, 0) is 69.0 Å². The van der Waals surface area contributed by atoms with Crippen LogP contribution >= 0.6 is 0 Å². The lowest BCUT2D eigenvalue weighted by Crippen LogP contribution is -2.42. The van der Waals surface area contributed by atoms with Crippen LogP contribution in [0.25, 0.3) is 10.9 Å². The van der Waals surface area contributed by atoms with Crippen LogP contribution in [0.1, 0.15) is 25.6 Å². The molecule has 3 aromatic rings. The smallest absolute Gasteiger partial charge is 0.321 e. The molecule has 1 aliphatic rings. The normalized spacial score (nSPS) is 14.5. The van der Waals surface area contributed by atoms with Crippen LogP contribution in [0.3, 0.4) is 0 Å². The molecule has 2 amide bonds. The van der Waals surface area contributed by atoms with Gasteiger partial charge in [-0.25, -0.2) is 14.2 Å². The number of carbonyl (C=O) groups excluding carboxylic acids is 1. The Kier molecular flexibility index (Phi) is 6.39. The Labute approximate surface area is 185 Å². The number of anilines is 1.